The summed E-state index contributed by atoms with van der Waals surface area (Å²) in [5.74, 6) is 0. The van der Waals surface area contributed by atoms with Crippen LogP contribution in [0.1, 0.15) is 18.5 Å². The Hall–Kier alpha value is -0.388. The second-order valence-electron chi connectivity index (χ2n) is 4.14. The van der Waals surface area contributed by atoms with Crippen LogP contribution in [0.15, 0.2) is 36.4 Å². The molecular formula is C14H16ClNPd. The Bertz CT molecular complexity index is 465. The molecule has 0 heterocycles. The zero-order chi connectivity index (χ0) is 12.8. The molecule has 0 aromatic heterocycles. The average Bonchev–Trinajstić information content (AvgIpc) is 2.39. The van der Waals surface area contributed by atoms with Crippen molar-refractivity contribution >= 4 is 20.3 Å². The fourth-order valence-corrected chi connectivity index (χ4v) is 1.81. The van der Waals surface area contributed by atoms with Crippen LogP contribution in [0.4, 0.5) is 0 Å². The zero-order valence-electron chi connectivity index (χ0n) is 10.2. The van der Waals surface area contributed by atoms with Crippen LogP contribution in [0, 0.1) is 6.07 Å². The summed E-state index contributed by atoms with van der Waals surface area (Å²) in [6.07, 6.45) is 0. The minimum absolute atomic E-state index is 0.423. The molecular weight excluding hydrogens is 324 g/mol. The van der Waals surface area contributed by atoms with Crippen molar-refractivity contribution in [2.24, 2.45) is 0 Å². The van der Waals surface area contributed by atoms with Crippen molar-refractivity contribution in [3.63, 3.8) is 0 Å². The number of fused-ring (bicyclic) bond motifs is 1. The molecule has 0 saturated heterocycles. The molecule has 2 rings (SSSR count). The van der Waals surface area contributed by atoms with Gasteiger partial charge in [0.2, 0.25) is 0 Å². The molecule has 0 fully saturated rings. The van der Waals surface area contributed by atoms with Crippen LogP contribution >= 0.6 is 9.53 Å². The Labute approximate surface area is 118 Å². The third-order valence-corrected chi connectivity index (χ3v) is 2.97. The quantitative estimate of drug-likeness (QED) is 0.591. The predicted octanol–water partition coefficient (Wildman–Crippen LogP) is 3.95. The van der Waals surface area contributed by atoms with Gasteiger partial charge in [0.1, 0.15) is 0 Å². The number of nitrogens with zero attached hydrogens (tertiary/aromatic N) is 1. The van der Waals surface area contributed by atoms with Gasteiger partial charge in [0, 0.05) is 0 Å². The Morgan fingerprint density at radius 3 is 2.47 bits per heavy atom. The molecule has 1 atom stereocenters. The van der Waals surface area contributed by atoms with Gasteiger partial charge in [0.05, 0.1) is 0 Å². The van der Waals surface area contributed by atoms with E-state index in [1.807, 2.05) is 6.07 Å². The molecule has 1 nitrogen and oxygen atoms in total. The molecule has 0 radical (unpaired) electrons. The number of hydrogen-bond donors (Lipinski definition) is 0. The third-order valence-electron chi connectivity index (χ3n) is 2.97. The van der Waals surface area contributed by atoms with Crippen molar-refractivity contribution in [2.45, 2.75) is 13.0 Å². The van der Waals surface area contributed by atoms with E-state index in [1.54, 1.807) is 0 Å². The standard InChI is InChI=1S/C14H16N.ClH.Pd/c1-11(15(2)3)13-10-6-8-12-7-4-5-9-14(12)13;;/h4-5,7-11H,1-3H3;1H;/q-1;;+2/p-1/t11-;;/m0../s1. The Balaban J connectivity index is 0.000000686. The van der Waals surface area contributed by atoms with E-state index >= 15 is 0 Å². The van der Waals surface area contributed by atoms with E-state index in [1.165, 1.54) is 16.3 Å². The van der Waals surface area contributed by atoms with Crippen LogP contribution < -0.4 is 0 Å². The zero-order valence-corrected chi connectivity index (χ0v) is 12.5. The van der Waals surface area contributed by atoms with Crippen molar-refractivity contribution in [1.29, 1.82) is 0 Å². The summed E-state index contributed by atoms with van der Waals surface area (Å²) < 4.78 is 0. The molecule has 2 aromatic rings. The molecule has 0 spiro atoms. The number of halogens is 1. The van der Waals surface area contributed by atoms with Gasteiger partial charge in [-0.1, -0.05) is 25.1 Å². The van der Waals surface area contributed by atoms with Gasteiger partial charge in [-0.15, -0.1) is 22.4 Å². The maximum atomic E-state index is 4.49. The summed E-state index contributed by atoms with van der Waals surface area (Å²) in [5, 5.41) is 2.60. The second-order valence-corrected chi connectivity index (χ2v) is 4.14. The van der Waals surface area contributed by atoms with Crippen LogP contribution in [0.5, 0.6) is 0 Å². The third kappa shape index (κ3) is 3.53. The molecule has 0 aliphatic heterocycles. The summed E-state index contributed by atoms with van der Waals surface area (Å²) in [6, 6.07) is 16.2. The van der Waals surface area contributed by atoms with Crippen molar-refractivity contribution in [2.75, 3.05) is 14.1 Å². The van der Waals surface area contributed by atoms with E-state index in [2.05, 4.69) is 90.0 Å². The Morgan fingerprint density at radius 2 is 1.82 bits per heavy atom. The summed E-state index contributed by atoms with van der Waals surface area (Å²) in [7, 11) is 8.70. The fraction of sp³-hybridized carbons (Fsp3) is 0.286. The van der Waals surface area contributed by atoms with Crippen LogP contribution in [0.2, 0.25) is 0 Å². The first kappa shape index (κ1) is 14.7. The number of hydrogen-bond acceptors (Lipinski definition) is 1. The number of benzene rings is 2. The molecule has 0 aliphatic rings. The van der Waals surface area contributed by atoms with Gasteiger partial charge in [-0.05, 0) is 20.1 Å². The normalized spacial score (nSPS) is 12.2. The van der Waals surface area contributed by atoms with Gasteiger partial charge < -0.3 is 4.90 Å². The molecule has 0 bridgehead atoms. The molecule has 0 N–H and O–H groups in total. The molecule has 2 aromatic carbocycles. The molecule has 0 amide bonds. The van der Waals surface area contributed by atoms with Gasteiger partial charge in [-0.25, -0.2) is 0 Å². The van der Waals surface area contributed by atoms with Gasteiger partial charge in [-0.2, -0.15) is 18.2 Å². The SMILES string of the molecule is C[C@@H](c1c[c-]cc2ccccc12)N(C)C.[Cl][Pd+]. The monoisotopic (exact) mass is 339 g/mol. The van der Waals surface area contributed by atoms with E-state index in [4.69, 9.17) is 0 Å². The van der Waals surface area contributed by atoms with Crippen molar-refractivity contribution < 1.29 is 18.2 Å². The molecule has 3 heteroatoms. The van der Waals surface area contributed by atoms with E-state index in [-0.39, 0.29) is 0 Å². The average molecular weight is 340 g/mol. The van der Waals surface area contributed by atoms with Crippen molar-refractivity contribution in [3.05, 3.63) is 48.0 Å². The molecule has 0 unspecified atom stereocenters. The van der Waals surface area contributed by atoms with Gasteiger partial charge in [0.25, 0.3) is 0 Å². The second kappa shape index (κ2) is 7.14. The summed E-state index contributed by atoms with van der Waals surface area (Å²) in [5.41, 5.74) is 1.35. The summed E-state index contributed by atoms with van der Waals surface area (Å²) in [6.45, 7) is 2.22. The fourth-order valence-electron chi connectivity index (χ4n) is 1.81. The van der Waals surface area contributed by atoms with Crippen LogP contribution in [-0.4, -0.2) is 19.0 Å². The first-order valence-electron chi connectivity index (χ1n) is 5.37. The van der Waals surface area contributed by atoms with E-state index in [0.29, 0.717) is 6.04 Å². The molecule has 17 heavy (non-hydrogen) atoms. The maximum absolute atomic E-state index is 4.49. The Morgan fingerprint density at radius 1 is 1.18 bits per heavy atom. The van der Waals surface area contributed by atoms with Crippen LogP contribution in [0.25, 0.3) is 10.8 Å². The van der Waals surface area contributed by atoms with E-state index < -0.39 is 0 Å². The van der Waals surface area contributed by atoms with Gasteiger partial charge in [-0.3, -0.25) is 0 Å². The van der Waals surface area contributed by atoms with E-state index in [0.717, 1.165) is 0 Å². The molecule has 0 saturated carbocycles. The topological polar surface area (TPSA) is 3.24 Å². The Kier molecular flexibility index (Phi) is 6.16. The first-order valence-corrected chi connectivity index (χ1v) is 7.37. The van der Waals surface area contributed by atoms with Gasteiger partial charge >= 0.3 is 27.7 Å². The summed E-state index contributed by atoms with van der Waals surface area (Å²) in [4.78, 5) is 2.22. The summed E-state index contributed by atoms with van der Waals surface area (Å²) >= 11 is 2.22. The van der Waals surface area contributed by atoms with Crippen molar-refractivity contribution in [1.82, 2.24) is 4.90 Å². The van der Waals surface area contributed by atoms with Crippen molar-refractivity contribution in [3.8, 4) is 0 Å². The first-order chi connectivity index (χ1) is 8.20. The van der Waals surface area contributed by atoms with E-state index in [9.17, 15) is 0 Å². The predicted molar refractivity (Wildman–Crippen MR) is 70.7 cm³/mol. The molecule has 94 valence electrons. The van der Waals surface area contributed by atoms with Crippen LogP contribution in [-0.2, 0) is 18.2 Å². The van der Waals surface area contributed by atoms with Crippen LogP contribution in [0.3, 0.4) is 0 Å². The molecule has 0 aliphatic carbocycles. The van der Waals surface area contributed by atoms with Gasteiger partial charge in [0.15, 0.2) is 0 Å². The number of rotatable bonds is 2. The minimum atomic E-state index is 0.423.